The highest BCUT2D eigenvalue weighted by Gasteiger charge is 2.39. The van der Waals surface area contributed by atoms with E-state index in [0.717, 1.165) is 18.5 Å². The van der Waals surface area contributed by atoms with Crippen LogP contribution in [0, 0.1) is 0 Å². The fourth-order valence-corrected chi connectivity index (χ4v) is 3.43. The number of furan rings is 1. The van der Waals surface area contributed by atoms with E-state index >= 15 is 0 Å². The molecule has 2 atom stereocenters. The van der Waals surface area contributed by atoms with Crippen LogP contribution < -0.4 is 0 Å². The van der Waals surface area contributed by atoms with Gasteiger partial charge in [-0.3, -0.25) is 4.79 Å². The molecule has 4 rings (SSSR count). The molecule has 2 aliphatic carbocycles. The van der Waals surface area contributed by atoms with Crippen molar-refractivity contribution >= 4 is 6.29 Å². The molecule has 2 unspecified atom stereocenters. The Balaban J connectivity index is 1.93. The summed E-state index contributed by atoms with van der Waals surface area (Å²) in [4.78, 5) is 10.8. The smallest absolute Gasteiger partial charge is 0.185 e. The molecule has 2 aliphatic rings. The molecular formula is C15H12O2. The molecule has 0 radical (unpaired) electrons. The average Bonchev–Trinajstić information content (AvgIpc) is 2.92. The second-order valence-electron chi connectivity index (χ2n) is 4.96. The van der Waals surface area contributed by atoms with Gasteiger partial charge in [-0.05, 0) is 29.5 Å². The molecule has 0 saturated carbocycles. The monoisotopic (exact) mass is 224 g/mol. The lowest BCUT2D eigenvalue weighted by molar-refractivity contribution is 0.109. The molecule has 0 spiro atoms. The van der Waals surface area contributed by atoms with E-state index in [1.807, 2.05) is 6.07 Å². The largest absolute Gasteiger partial charge is 0.458 e. The molecule has 0 aliphatic heterocycles. The van der Waals surface area contributed by atoms with Crippen LogP contribution in [-0.4, -0.2) is 6.29 Å². The van der Waals surface area contributed by atoms with Gasteiger partial charge in [-0.15, -0.1) is 0 Å². The number of hydrogen-bond acceptors (Lipinski definition) is 2. The zero-order valence-electron chi connectivity index (χ0n) is 9.35. The quantitative estimate of drug-likeness (QED) is 0.696. The predicted octanol–water partition coefficient (Wildman–Crippen LogP) is 3.27. The number of carbonyl (C=O) groups is 1. The van der Waals surface area contributed by atoms with E-state index in [2.05, 4.69) is 24.3 Å². The maximum atomic E-state index is 10.8. The van der Waals surface area contributed by atoms with Gasteiger partial charge in [0.2, 0.25) is 0 Å². The van der Waals surface area contributed by atoms with Crippen LogP contribution in [-0.2, 0) is 6.42 Å². The van der Waals surface area contributed by atoms with Gasteiger partial charge in [0, 0.05) is 17.9 Å². The van der Waals surface area contributed by atoms with Crippen molar-refractivity contribution in [1.82, 2.24) is 0 Å². The molecule has 2 nitrogen and oxygen atoms in total. The van der Waals surface area contributed by atoms with Crippen molar-refractivity contribution in [2.75, 3.05) is 0 Å². The number of rotatable bonds is 1. The van der Waals surface area contributed by atoms with Crippen LogP contribution in [0.15, 0.2) is 34.7 Å². The fraction of sp³-hybridized carbons (Fsp3) is 0.267. The van der Waals surface area contributed by atoms with Gasteiger partial charge in [0.1, 0.15) is 5.76 Å². The molecule has 0 amide bonds. The summed E-state index contributed by atoms with van der Waals surface area (Å²) >= 11 is 0. The van der Waals surface area contributed by atoms with Gasteiger partial charge in [0.15, 0.2) is 12.0 Å². The summed E-state index contributed by atoms with van der Waals surface area (Å²) in [6.45, 7) is 0. The summed E-state index contributed by atoms with van der Waals surface area (Å²) in [5, 5.41) is 0. The number of carbonyl (C=O) groups excluding carboxylic acids is 1. The second-order valence-corrected chi connectivity index (χ2v) is 4.96. The molecule has 2 aromatic rings. The number of aldehydes is 1. The first-order valence-electron chi connectivity index (χ1n) is 6.03. The average molecular weight is 224 g/mol. The maximum Gasteiger partial charge on any atom is 0.185 e. The number of fused-ring (bicyclic) bond motifs is 7. The minimum atomic E-state index is 0.442. The maximum absolute atomic E-state index is 10.8. The van der Waals surface area contributed by atoms with Crippen LogP contribution in [0.4, 0.5) is 0 Å². The summed E-state index contributed by atoms with van der Waals surface area (Å²) in [5.74, 6) is 2.51. The van der Waals surface area contributed by atoms with Crippen LogP contribution in [0.25, 0.3) is 0 Å². The van der Waals surface area contributed by atoms with E-state index in [4.69, 9.17) is 4.42 Å². The van der Waals surface area contributed by atoms with Crippen molar-refractivity contribution in [2.45, 2.75) is 24.7 Å². The van der Waals surface area contributed by atoms with Gasteiger partial charge in [-0.25, -0.2) is 0 Å². The topological polar surface area (TPSA) is 30.2 Å². The van der Waals surface area contributed by atoms with Gasteiger partial charge in [-0.2, -0.15) is 0 Å². The van der Waals surface area contributed by atoms with E-state index < -0.39 is 0 Å². The SMILES string of the molecule is O=Cc1cc2c(o1)CC1CC2c2ccccc21. The van der Waals surface area contributed by atoms with Crippen molar-refractivity contribution < 1.29 is 9.21 Å². The summed E-state index contributed by atoms with van der Waals surface area (Å²) in [6, 6.07) is 10.6. The molecular weight excluding hydrogens is 212 g/mol. The Bertz CT molecular complexity index is 609. The highest BCUT2D eigenvalue weighted by Crippen LogP contribution is 2.52. The van der Waals surface area contributed by atoms with Gasteiger partial charge in [0.25, 0.3) is 0 Å². The Hall–Kier alpha value is -1.83. The minimum Gasteiger partial charge on any atom is -0.458 e. The zero-order chi connectivity index (χ0) is 11.4. The molecule has 1 aromatic carbocycles. The molecule has 2 bridgehead atoms. The minimum absolute atomic E-state index is 0.442. The molecule has 1 aromatic heterocycles. The second kappa shape index (κ2) is 3.10. The number of benzene rings is 1. The van der Waals surface area contributed by atoms with Crippen LogP contribution in [0.3, 0.4) is 0 Å². The molecule has 0 fully saturated rings. The van der Waals surface area contributed by atoms with Crippen molar-refractivity contribution in [2.24, 2.45) is 0 Å². The highest BCUT2D eigenvalue weighted by molar-refractivity contribution is 5.72. The van der Waals surface area contributed by atoms with Crippen molar-refractivity contribution in [3.8, 4) is 0 Å². The van der Waals surface area contributed by atoms with Gasteiger partial charge < -0.3 is 4.42 Å². The molecule has 2 heteroatoms. The normalized spacial score (nSPS) is 24.2. The third-order valence-electron chi connectivity index (χ3n) is 4.12. The Kier molecular flexibility index (Phi) is 1.68. The van der Waals surface area contributed by atoms with Gasteiger partial charge in [-0.1, -0.05) is 24.3 Å². The van der Waals surface area contributed by atoms with Crippen LogP contribution in [0.1, 0.15) is 51.3 Å². The fourth-order valence-electron chi connectivity index (χ4n) is 3.43. The molecule has 0 N–H and O–H groups in total. The Morgan fingerprint density at radius 1 is 1.18 bits per heavy atom. The Morgan fingerprint density at radius 2 is 2.00 bits per heavy atom. The van der Waals surface area contributed by atoms with E-state index in [9.17, 15) is 4.79 Å². The van der Waals surface area contributed by atoms with E-state index in [1.54, 1.807) is 0 Å². The zero-order valence-corrected chi connectivity index (χ0v) is 9.35. The third kappa shape index (κ3) is 1.13. The van der Waals surface area contributed by atoms with Crippen molar-refractivity contribution in [3.63, 3.8) is 0 Å². The van der Waals surface area contributed by atoms with Crippen LogP contribution in [0.5, 0.6) is 0 Å². The van der Waals surface area contributed by atoms with E-state index in [-0.39, 0.29) is 0 Å². The first kappa shape index (κ1) is 9.23. The summed E-state index contributed by atoms with van der Waals surface area (Å²) in [7, 11) is 0. The first-order valence-corrected chi connectivity index (χ1v) is 6.03. The van der Waals surface area contributed by atoms with E-state index in [1.165, 1.54) is 23.1 Å². The standard InChI is InChI=1S/C15H12O2/c16-8-10-7-14-13-5-9(6-15(14)17-10)11-3-1-2-4-12(11)13/h1-4,7-9,13H,5-6H2. The van der Waals surface area contributed by atoms with Gasteiger partial charge >= 0.3 is 0 Å². The van der Waals surface area contributed by atoms with Crippen molar-refractivity contribution in [1.29, 1.82) is 0 Å². The lowest BCUT2D eigenvalue weighted by Crippen LogP contribution is -2.07. The summed E-state index contributed by atoms with van der Waals surface area (Å²) in [6.07, 6.45) is 2.92. The lowest BCUT2D eigenvalue weighted by Gasteiger charge is -2.18. The molecule has 17 heavy (non-hydrogen) atoms. The highest BCUT2D eigenvalue weighted by atomic mass is 16.3. The summed E-state index contributed by atoms with van der Waals surface area (Å²) in [5.41, 5.74) is 4.12. The predicted molar refractivity (Wildman–Crippen MR) is 63.4 cm³/mol. The first-order chi connectivity index (χ1) is 8.36. The molecule has 84 valence electrons. The van der Waals surface area contributed by atoms with Crippen LogP contribution >= 0.6 is 0 Å². The Labute approximate surface area is 99.3 Å². The lowest BCUT2D eigenvalue weighted by atomic mass is 9.85. The molecule has 0 saturated heterocycles. The van der Waals surface area contributed by atoms with E-state index in [0.29, 0.717) is 17.6 Å². The number of hydrogen-bond donors (Lipinski definition) is 0. The third-order valence-corrected chi connectivity index (χ3v) is 4.12. The summed E-state index contributed by atoms with van der Waals surface area (Å²) < 4.78 is 5.60. The van der Waals surface area contributed by atoms with Crippen LogP contribution in [0.2, 0.25) is 0 Å². The Morgan fingerprint density at radius 3 is 2.82 bits per heavy atom. The van der Waals surface area contributed by atoms with Gasteiger partial charge in [0.05, 0.1) is 0 Å². The van der Waals surface area contributed by atoms with Crippen molar-refractivity contribution in [3.05, 3.63) is 58.5 Å². The molecule has 1 heterocycles.